The van der Waals surface area contributed by atoms with Crippen LogP contribution in [0.25, 0.3) is 0 Å². The Morgan fingerprint density at radius 2 is 2.06 bits per heavy atom. The van der Waals surface area contributed by atoms with E-state index in [9.17, 15) is 4.79 Å². The van der Waals surface area contributed by atoms with Crippen LogP contribution in [0.1, 0.15) is 34.8 Å². The highest BCUT2D eigenvalue weighted by Crippen LogP contribution is 2.15. The number of carbonyl (C=O) groups excluding carboxylic acids is 1. The molecule has 0 spiro atoms. The number of carbonyl (C=O) groups is 1. The molecule has 0 N–H and O–H groups in total. The Balaban J connectivity index is 2.90. The number of alkyl halides is 1. The first kappa shape index (κ1) is 14.2. The van der Waals surface area contributed by atoms with Crippen molar-refractivity contribution in [1.82, 2.24) is 4.90 Å². The molecule has 0 atom stereocenters. The summed E-state index contributed by atoms with van der Waals surface area (Å²) in [6.45, 7) is 7.66. The molecular formula is C14H20BrNO. The fraction of sp³-hybridized carbons (Fsp3) is 0.500. The third-order valence-corrected chi connectivity index (χ3v) is 3.63. The molecule has 1 aromatic carbocycles. The van der Waals surface area contributed by atoms with Gasteiger partial charge in [0, 0.05) is 24.0 Å². The van der Waals surface area contributed by atoms with Gasteiger partial charge >= 0.3 is 0 Å². The lowest BCUT2D eigenvalue weighted by atomic mass is 10.0. The predicted molar refractivity (Wildman–Crippen MR) is 75.9 cm³/mol. The number of rotatable bonds is 5. The van der Waals surface area contributed by atoms with Crippen LogP contribution in [0.4, 0.5) is 0 Å². The largest absolute Gasteiger partial charge is 0.339 e. The molecule has 1 rings (SSSR count). The highest BCUT2D eigenvalue weighted by atomic mass is 79.9. The molecule has 17 heavy (non-hydrogen) atoms. The monoisotopic (exact) mass is 297 g/mol. The molecule has 0 aliphatic carbocycles. The molecule has 0 fully saturated rings. The van der Waals surface area contributed by atoms with Gasteiger partial charge in [0.2, 0.25) is 0 Å². The van der Waals surface area contributed by atoms with Gasteiger partial charge in [0.25, 0.3) is 5.91 Å². The van der Waals surface area contributed by atoms with Crippen molar-refractivity contribution in [2.45, 2.75) is 27.2 Å². The zero-order chi connectivity index (χ0) is 12.8. The zero-order valence-corrected chi connectivity index (χ0v) is 12.4. The first-order valence-electron chi connectivity index (χ1n) is 6.03. The summed E-state index contributed by atoms with van der Waals surface area (Å²) in [4.78, 5) is 14.3. The van der Waals surface area contributed by atoms with Gasteiger partial charge in [0.05, 0.1) is 0 Å². The average Bonchev–Trinajstić information content (AvgIpc) is 2.33. The third-order valence-electron chi connectivity index (χ3n) is 3.07. The van der Waals surface area contributed by atoms with E-state index in [1.165, 1.54) is 5.56 Å². The Morgan fingerprint density at radius 3 is 2.65 bits per heavy atom. The second kappa shape index (κ2) is 6.80. The number of benzene rings is 1. The lowest BCUT2D eigenvalue weighted by Gasteiger charge is -2.21. The highest BCUT2D eigenvalue weighted by Gasteiger charge is 2.16. The summed E-state index contributed by atoms with van der Waals surface area (Å²) in [7, 11) is 0. The highest BCUT2D eigenvalue weighted by molar-refractivity contribution is 9.09. The second-order valence-corrected chi connectivity index (χ2v) is 4.97. The van der Waals surface area contributed by atoms with Gasteiger partial charge in [-0.2, -0.15) is 0 Å². The number of hydrogen-bond donors (Lipinski definition) is 0. The minimum Gasteiger partial charge on any atom is -0.339 e. The minimum absolute atomic E-state index is 0.148. The quantitative estimate of drug-likeness (QED) is 0.761. The molecule has 0 unspecified atom stereocenters. The minimum atomic E-state index is 0.148. The molecule has 0 saturated carbocycles. The molecule has 0 aromatic heterocycles. The first-order valence-corrected chi connectivity index (χ1v) is 7.15. The standard InChI is InChI=1S/C14H20BrNO/c1-4-16(10-6-9-15)14(17)13-8-5-7-11(2)12(13)3/h5,7-8H,4,6,9-10H2,1-3H3. The van der Waals surface area contributed by atoms with E-state index < -0.39 is 0 Å². The number of aryl methyl sites for hydroxylation is 1. The second-order valence-electron chi connectivity index (χ2n) is 4.17. The molecular weight excluding hydrogens is 278 g/mol. The summed E-state index contributed by atoms with van der Waals surface area (Å²) >= 11 is 3.40. The number of hydrogen-bond acceptors (Lipinski definition) is 1. The first-order chi connectivity index (χ1) is 8.11. The molecule has 0 heterocycles. The third kappa shape index (κ3) is 3.56. The van der Waals surface area contributed by atoms with E-state index in [0.29, 0.717) is 0 Å². The molecule has 2 nitrogen and oxygen atoms in total. The summed E-state index contributed by atoms with van der Waals surface area (Å²) in [5.74, 6) is 0.148. The summed E-state index contributed by atoms with van der Waals surface area (Å²) in [6, 6.07) is 5.91. The van der Waals surface area contributed by atoms with E-state index in [-0.39, 0.29) is 5.91 Å². The Hall–Kier alpha value is -0.830. The molecule has 3 heteroatoms. The molecule has 0 aliphatic rings. The van der Waals surface area contributed by atoms with Crippen molar-refractivity contribution in [1.29, 1.82) is 0 Å². The Kier molecular flexibility index (Phi) is 5.69. The van der Waals surface area contributed by atoms with Crippen molar-refractivity contribution in [2.24, 2.45) is 0 Å². The Bertz CT molecular complexity index is 390. The van der Waals surface area contributed by atoms with Crippen LogP contribution in [0.5, 0.6) is 0 Å². The van der Waals surface area contributed by atoms with Crippen molar-refractivity contribution < 1.29 is 4.79 Å². The molecule has 1 amide bonds. The van der Waals surface area contributed by atoms with Crippen LogP contribution in [-0.4, -0.2) is 29.2 Å². The van der Waals surface area contributed by atoms with Gasteiger partial charge in [-0.1, -0.05) is 28.1 Å². The van der Waals surface area contributed by atoms with Gasteiger partial charge < -0.3 is 4.90 Å². The van der Waals surface area contributed by atoms with Crippen LogP contribution in [0.2, 0.25) is 0 Å². The number of amides is 1. The van der Waals surface area contributed by atoms with E-state index in [0.717, 1.165) is 36.0 Å². The van der Waals surface area contributed by atoms with Gasteiger partial charge in [-0.05, 0) is 44.4 Å². The smallest absolute Gasteiger partial charge is 0.254 e. The van der Waals surface area contributed by atoms with Crippen molar-refractivity contribution in [3.63, 3.8) is 0 Å². The maximum atomic E-state index is 12.4. The molecule has 94 valence electrons. The summed E-state index contributed by atoms with van der Waals surface area (Å²) in [5, 5.41) is 0.934. The SMILES string of the molecule is CCN(CCCBr)C(=O)c1cccc(C)c1C. The maximum Gasteiger partial charge on any atom is 0.254 e. The van der Waals surface area contributed by atoms with Crippen molar-refractivity contribution in [3.8, 4) is 0 Å². The topological polar surface area (TPSA) is 20.3 Å². The molecule has 0 aliphatic heterocycles. The normalized spacial score (nSPS) is 10.4. The van der Waals surface area contributed by atoms with Gasteiger partial charge in [-0.3, -0.25) is 4.79 Å². The van der Waals surface area contributed by atoms with E-state index in [1.54, 1.807) is 0 Å². The number of halogens is 1. The van der Waals surface area contributed by atoms with Crippen LogP contribution in [0.15, 0.2) is 18.2 Å². The van der Waals surface area contributed by atoms with Crippen LogP contribution in [-0.2, 0) is 0 Å². The molecule has 1 aromatic rings. The van der Waals surface area contributed by atoms with Crippen LogP contribution < -0.4 is 0 Å². The summed E-state index contributed by atoms with van der Waals surface area (Å²) in [5.41, 5.74) is 3.10. The zero-order valence-electron chi connectivity index (χ0n) is 10.8. The Labute approximate surface area is 112 Å². The van der Waals surface area contributed by atoms with Crippen LogP contribution in [0, 0.1) is 13.8 Å². The van der Waals surface area contributed by atoms with E-state index >= 15 is 0 Å². The predicted octanol–water partition coefficient (Wildman–Crippen LogP) is 3.55. The van der Waals surface area contributed by atoms with Gasteiger partial charge in [-0.25, -0.2) is 0 Å². The number of nitrogens with zero attached hydrogens (tertiary/aromatic N) is 1. The summed E-state index contributed by atoms with van der Waals surface area (Å²) in [6.07, 6.45) is 0.991. The van der Waals surface area contributed by atoms with E-state index in [2.05, 4.69) is 15.9 Å². The van der Waals surface area contributed by atoms with Crippen molar-refractivity contribution in [2.75, 3.05) is 18.4 Å². The van der Waals surface area contributed by atoms with Gasteiger partial charge in [0.1, 0.15) is 0 Å². The fourth-order valence-corrected chi connectivity index (χ4v) is 2.06. The lowest BCUT2D eigenvalue weighted by Crippen LogP contribution is -2.32. The molecule has 0 radical (unpaired) electrons. The van der Waals surface area contributed by atoms with Gasteiger partial charge in [0.15, 0.2) is 0 Å². The Morgan fingerprint density at radius 1 is 1.35 bits per heavy atom. The lowest BCUT2D eigenvalue weighted by molar-refractivity contribution is 0.0764. The van der Waals surface area contributed by atoms with E-state index in [4.69, 9.17) is 0 Å². The fourth-order valence-electron chi connectivity index (χ4n) is 1.81. The average molecular weight is 298 g/mol. The van der Waals surface area contributed by atoms with Gasteiger partial charge in [-0.15, -0.1) is 0 Å². The molecule has 0 saturated heterocycles. The molecule has 0 bridgehead atoms. The van der Waals surface area contributed by atoms with Crippen molar-refractivity contribution >= 4 is 21.8 Å². The summed E-state index contributed by atoms with van der Waals surface area (Å²) < 4.78 is 0. The van der Waals surface area contributed by atoms with Crippen molar-refractivity contribution in [3.05, 3.63) is 34.9 Å². The van der Waals surface area contributed by atoms with Crippen LogP contribution in [0.3, 0.4) is 0 Å². The van der Waals surface area contributed by atoms with E-state index in [1.807, 2.05) is 43.9 Å². The van der Waals surface area contributed by atoms with Crippen LogP contribution >= 0.6 is 15.9 Å². The maximum absolute atomic E-state index is 12.4.